The Morgan fingerprint density at radius 3 is 2.85 bits per heavy atom. The van der Waals surface area contributed by atoms with Crippen LogP contribution in [0, 0.1) is 0 Å². The maximum atomic E-state index is 12.1. The summed E-state index contributed by atoms with van der Waals surface area (Å²) < 4.78 is 25.6. The number of aromatic nitrogens is 1. The lowest BCUT2D eigenvalue weighted by molar-refractivity contribution is 0.468. The fraction of sp³-hybridized carbons (Fsp3) is 0.643. The highest BCUT2D eigenvalue weighted by Gasteiger charge is 2.21. The first-order valence-corrected chi connectivity index (χ1v) is 8.76. The lowest BCUT2D eigenvalue weighted by Crippen LogP contribution is -2.32. The Morgan fingerprint density at radius 2 is 2.20 bits per heavy atom. The minimum Gasteiger partial charge on any atom is -0.314 e. The topological polar surface area (TPSA) is 62.3 Å². The standard InChI is InChI=1S/C14H23N3O2S/c1-17(11-8-13-5-2-3-9-15-13)20(18,19)12-4-10-16-14-6-7-14/h2-3,5,9,14,16H,4,6-8,10-12H2,1H3. The summed E-state index contributed by atoms with van der Waals surface area (Å²) in [6, 6.07) is 6.33. The molecule has 1 aliphatic rings. The van der Waals surface area contributed by atoms with Crippen LogP contribution < -0.4 is 5.32 Å². The predicted octanol–water partition coefficient (Wildman–Crippen LogP) is 1.03. The summed E-state index contributed by atoms with van der Waals surface area (Å²) in [6.45, 7) is 1.27. The van der Waals surface area contributed by atoms with Crippen molar-refractivity contribution < 1.29 is 8.42 Å². The molecular weight excluding hydrogens is 274 g/mol. The van der Waals surface area contributed by atoms with E-state index in [1.807, 2.05) is 18.2 Å². The molecular formula is C14H23N3O2S. The molecule has 1 aromatic rings. The van der Waals surface area contributed by atoms with E-state index >= 15 is 0 Å². The van der Waals surface area contributed by atoms with Gasteiger partial charge in [-0.05, 0) is 37.9 Å². The van der Waals surface area contributed by atoms with Crippen LogP contribution >= 0.6 is 0 Å². The monoisotopic (exact) mass is 297 g/mol. The molecule has 0 radical (unpaired) electrons. The van der Waals surface area contributed by atoms with Gasteiger partial charge >= 0.3 is 0 Å². The molecule has 6 heteroatoms. The van der Waals surface area contributed by atoms with Gasteiger partial charge in [-0.1, -0.05) is 6.07 Å². The zero-order chi connectivity index (χ0) is 14.4. The van der Waals surface area contributed by atoms with Gasteiger partial charge in [-0.3, -0.25) is 4.98 Å². The maximum absolute atomic E-state index is 12.1. The van der Waals surface area contributed by atoms with Crippen LogP contribution in [0.4, 0.5) is 0 Å². The third-order valence-corrected chi connectivity index (χ3v) is 5.41. The zero-order valence-corrected chi connectivity index (χ0v) is 12.8. The van der Waals surface area contributed by atoms with Crippen LogP contribution in [0.1, 0.15) is 25.0 Å². The van der Waals surface area contributed by atoms with Crippen molar-refractivity contribution in [1.82, 2.24) is 14.6 Å². The Bertz CT molecular complexity index is 500. The number of sulfonamides is 1. The van der Waals surface area contributed by atoms with Gasteiger partial charge < -0.3 is 5.32 Å². The van der Waals surface area contributed by atoms with Crippen molar-refractivity contribution in [2.45, 2.75) is 31.7 Å². The highest BCUT2D eigenvalue weighted by Crippen LogP contribution is 2.18. The van der Waals surface area contributed by atoms with Crippen molar-refractivity contribution in [3.63, 3.8) is 0 Å². The van der Waals surface area contributed by atoms with Crippen LogP contribution in [0.15, 0.2) is 24.4 Å². The molecule has 1 heterocycles. The van der Waals surface area contributed by atoms with Crippen LogP contribution in [0.25, 0.3) is 0 Å². The molecule has 0 unspecified atom stereocenters. The van der Waals surface area contributed by atoms with Gasteiger partial charge in [0.25, 0.3) is 0 Å². The lowest BCUT2D eigenvalue weighted by atomic mass is 10.3. The highest BCUT2D eigenvalue weighted by molar-refractivity contribution is 7.89. The molecule has 0 bridgehead atoms. The Balaban J connectivity index is 1.70. The molecule has 0 amide bonds. The van der Waals surface area contributed by atoms with E-state index in [0.717, 1.165) is 12.2 Å². The highest BCUT2D eigenvalue weighted by atomic mass is 32.2. The Labute approximate surface area is 121 Å². The molecule has 5 nitrogen and oxygen atoms in total. The fourth-order valence-electron chi connectivity index (χ4n) is 1.96. The van der Waals surface area contributed by atoms with E-state index in [4.69, 9.17) is 0 Å². The number of nitrogens with zero attached hydrogens (tertiary/aromatic N) is 2. The van der Waals surface area contributed by atoms with Crippen LogP contribution in [0.2, 0.25) is 0 Å². The quantitative estimate of drug-likeness (QED) is 0.692. The van der Waals surface area contributed by atoms with Gasteiger partial charge in [0.2, 0.25) is 10.0 Å². The van der Waals surface area contributed by atoms with Crippen molar-refractivity contribution >= 4 is 10.0 Å². The summed E-state index contributed by atoms with van der Waals surface area (Å²) in [4.78, 5) is 4.20. The Hall–Kier alpha value is -0.980. The van der Waals surface area contributed by atoms with Crippen molar-refractivity contribution in [2.24, 2.45) is 0 Å². The van der Waals surface area contributed by atoms with Crippen molar-refractivity contribution in [3.8, 4) is 0 Å². The average Bonchev–Trinajstić information content (AvgIpc) is 3.26. The minimum atomic E-state index is -3.14. The van der Waals surface area contributed by atoms with Gasteiger partial charge in [0.05, 0.1) is 5.75 Å². The van der Waals surface area contributed by atoms with Gasteiger partial charge in [-0.15, -0.1) is 0 Å². The minimum absolute atomic E-state index is 0.214. The number of pyridine rings is 1. The number of rotatable bonds is 9. The summed E-state index contributed by atoms with van der Waals surface area (Å²) in [5, 5.41) is 3.33. The number of nitrogens with one attached hydrogen (secondary N) is 1. The van der Waals surface area contributed by atoms with E-state index in [2.05, 4.69) is 10.3 Å². The molecule has 0 aromatic carbocycles. The second kappa shape index (κ2) is 7.15. The van der Waals surface area contributed by atoms with Gasteiger partial charge in [-0.25, -0.2) is 12.7 Å². The molecule has 0 spiro atoms. The number of hydrogen-bond donors (Lipinski definition) is 1. The first kappa shape index (κ1) is 15.4. The summed E-state index contributed by atoms with van der Waals surface area (Å²) >= 11 is 0. The predicted molar refractivity (Wildman–Crippen MR) is 80.0 cm³/mol. The van der Waals surface area contributed by atoms with E-state index < -0.39 is 10.0 Å². The summed E-state index contributed by atoms with van der Waals surface area (Å²) in [6.07, 6.45) is 5.52. The average molecular weight is 297 g/mol. The largest absolute Gasteiger partial charge is 0.314 e. The van der Waals surface area contributed by atoms with Gasteiger partial charge in [0.15, 0.2) is 0 Å². The summed E-state index contributed by atoms with van der Waals surface area (Å²) in [5.41, 5.74) is 0.921. The molecule has 1 aliphatic carbocycles. The molecule has 0 atom stereocenters. The Kier molecular flexibility index (Phi) is 5.51. The van der Waals surface area contributed by atoms with E-state index in [9.17, 15) is 8.42 Å². The smallest absolute Gasteiger partial charge is 0.213 e. The van der Waals surface area contributed by atoms with Crippen molar-refractivity contribution in [2.75, 3.05) is 25.9 Å². The first-order chi connectivity index (χ1) is 9.58. The molecule has 2 rings (SSSR count). The van der Waals surface area contributed by atoms with Crippen LogP contribution in [-0.2, 0) is 16.4 Å². The maximum Gasteiger partial charge on any atom is 0.213 e. The second-order valence-corrected chi connectivity index (χ2v) is 7.49. The molecule has 1 N–H and O–H groups in total. The van der Waals surface area contributed by atoms with Crippen molar-refractivity contribution in [3.05, 3.63) is 30.1 Å². The first-order valence-electron chi connectivity index (χ1n) is 7.15. The second-order valence-electron chi connectivity index (χ2n) is 5.29. The molecule has 1 fully saturated rings. The van der Waals surface area contributed by atoms with E-state index in [-0.39, 0.29) is 5.75 Å². The van der Waals surface area contributed by atoms with Crippen LogP contribution in [0.3, 0.4) is 0 Å². The van der Waals surface area contributed by atoms with E-state index in [1.165, 1.54) is 17.1 Å². The Morgan fingerprint density at radius 1 is 1.40 bits per heavy atom. The summed E-state index contributed by atoms with van der Waals surface area (Å²) in [5.74, 6) is 0.214. The number of hydrogen-bond acceptors (Lipinski definition) is 4. The SMILES string of the molecule is CN(CCc1ccccn1)S(=O)(=O)CCCNC1CC1. The van der Waals surface area contributed by atoms with Gasteiger partial charge in [0.1, 0.15) is 0 Å². The molecule has 0 saturated heterocycles. The molecule has 1 saturated carbocycles. The lowest BCUT2D eigenvalue weighted by Gasteiger charge is -2.17. The van der Waals surface area contributed by atoms with E-state index in [0.29, 0.717) is 25.4 Å². The normalized spacial score (nSPS) is 15.7. The summed E-state index contributed by atoms with van der Waals surface area (Å²) in [7, 11) is -1.50. The van der Waals surface area contributed by atoms with Crippen LogP contribution in [-0.4, -0.2) is 49.6 Å². The third-order valence-electron chi connectivity index (χ3n) is 3.47. The molecule has 112 valence electrons. The third kappa shape index (κ3) is 5.19. The van der Waals surface area contributed by atoms with Gasteiger partial charge in [0, 0.05) is 37.9 Å². The van der Waals surface area contributed by atoms with Crippen LogP contribution in [0.5, 0.6) is 0 Å². The molecule has 1 aromatic heterocycles. The molecule has 20 heavy (non-hydrogen) atoms. The van der Waals surface area contributed by atoms with Crippen molar-refractivity contribution in [1.29, 1.82) is 0 Å². The van der Waals surface area contributed by atoms with Gasteiger partial charge in [-0.2, -0.15) is 0 Å². The van der Waals surface area contributed by atoms with E-state index in [1.54, 1.807) is 13.2 Å². The number of likely N-dealkylation sites (N-methyl/N-ethyl adjacent to an activating group) is 1. The zero-order valence-electron chi connectivity index (χ0n) is 12.0. The fourth-order valence-corrected chi connectivity index (χ4v) is 3.15. The molecule has 0 aliphatic heterocycles.